The number of carbonyl (C=O) groups is 1. The average Bonchev–Trinajstić information content (AvgIpc) is 3.71. The summed E-state index contributed by atoms with van der Waals surface area (Å²) in [4.78, 5) is 26.8. The second-order valence-corrected chi connectivity index (χ2v) is 12.4. The number of benzene rings is 2. The Labute approximate surface area is 243 Å². The van der Waals surface area contributed by atoms with Gasteiger partial charge in [-0.25, -0.2) is 9.11 Å². The fraction of sp³-hybridized carbons (Fsp3) is 0.280. The van der Waals surface area contributed by atoms with Gasteiger partial charge in [-0.05, 0) is 72.7 Å². The molecule has 39 heavy (non-hydrogen) atoms. The van der Waals surface area contributed by atoms with Crippen molar-refractivity contribution < 1.29 is 22.3 Å². The van der Waals surface area contributed by atoms with Crippen molar-refractivity contribution in [2.24, 2.45) is 7.05 Å². The molecule has 10 nitrogen and oxygen atoms in total. The molecule has 0 spiro atoms. The Kier molecular flexibility index (Phi) is 8.44. The molecular weight excluding hydrogens is 664 g/mol. The summed E-state index contributed by atoms with van der Waals surface area (Å²) in [6.07, 6.45) is 1.61. The molecule has 1 amide bonds. The zero-order valence-corrected chi connectivity index (χ0v) is 25.2. The molecule has 4 rings (SSSR count). The van der Waals surface area contributed by atoms with Gasteiger partial charge < -0.3 is 15.4 Å². The van der Waals surface area contributed by atoms with Crippen LogP contribution >= 0.6 is 34.2 Å². The number of ether oxygens (including phenoxy) is 1. The number of amides is 1. The molecule has 2 aromatic carbocycles. The molecule has 0 unspecified atom stereocenters. The van der Waals surface area contributed by atoms with Gasteiger partial charge in [0.2, 0.25) is 0 Å². The number of carbonyl (C=O) groups excluding carboxylic acids is 1. The number of hydrogen-bond donors (Lipinski definition) is 3. The highest BCUT2D eigenvalue weighted by Gasteiger charge is 2.31. The van der Waals surface area contributed by atoms with E-state index < -0.39 is 27.5 Å². The van der Waals surface area contributed by atoms with Crippen molar-refractivity contribution >= 4 is 67.5 Å². The Balaban J connectivity index is 1.89. The van der Waals surface area contributed by atoms with Gasteiger partial charge in [-0.15, -0.1) is 0 Å². The van der Waals surface area contributed by atoms with Crippen LogP contribution in [-0.4, -0.2) is 39.0 Å². The van der Waals surface area contributed by atoms with Gasteiger partial charge in [0.25, 0.3) is 11.5 Å². The first-order valence-electron chi connectivity index (χ1n) is 11.8. The van der Waals surface area contributed by atoms with E-state index in [1.165, 1.54) is 63.0 Å². The number of aromatic nitrogens is 1. The van der Waals surface area contributed by atoms with Crippen molar-refractivity contribution in [2.45, 2.75) is 25.8 Å². The molecule has 1 aromatic heterocycles. The van der Waals surface area contributed by atoms with Crippen LogP contribution in [-0.2, 0) is 17.3 Å². The lowest BCUT2D eigenvalue weighted by Gasteiger charge is -2.23. The molecule has 0 radical (unpaired) electrons. The summed E-state index contributed by atoms with van der Waals surface area (Å²) in [7, 11) is 0.158. The maximum Gasteiger partial charge on any atom is 0.301 e. The van der Waals surface area contributed by atoms with E-state index in [2.05, 4.69) is 15.4 Å². The zero-order chi connectivity index (χ0) is 28.6. The molecule has 0 bridgehead atoms. The average molecular weight is 690 g/mol. The van der Waals surface area contributed by atoms with Gasteiger partial charge in [0.1, 0.15) is 28.0 Å². The van der Waals surface area contributed by atoms with Crippen molar-refractivity contribution in [3.05, 3.63) is 72.3 Å². The third-order valence-corrected chi connectivity index (χ3v) is 8.69. The fourth-order valence-electron chi connectivity index (χ4n) is 3.80. The molecule has 0 saturated heterocycles. The van der Waals surface area contributed by atoms with E-state index in [1.807, 2.05) is 22.6 Å². The maximum absolute atomic E-state index is 14.8. The van der Waals surface area contributed by atoms with Crippen LogP contribution in [0.1, 0.15) is 28.8 Å². The van der Waals surface area contributed by atoms with Crippen LogP contribution in [0.4, 0.5) is 21.6 Å². The van der Waals surface area contributed by atoms with Crippen molar-refractivity contribution in [2.75, 3.05) is 23.7 Å². The predicted molar refractivity (Wildman–Crippen MR) is 157 cm³/mol. The molecule has 1 heterocycles. The van der Waals surface area contributed by atoms with E-state index in [0.29, 0.717) is 3.57 Å². The highest BCUT2D eigenvalue weighted by Crippen LogP contribution is 2.40. The van der Waals surface area contributed by atoms with E-state index in [0.717, 1.165) is 17.1 Å². The van der Waals surface area contributed by atoms with Crippen molar-refractivity contribution in [3.63, 3.8) is 0 Å². The van der Waals surface area contributed by atoms with Crippen molar-refractivity contribution in [3.8, 4) is 11.5 Å². The second-order valence-electron chi connectivity index (χ2n) is 8.91. The van der Waals surface area contributed by atoms with Gasteiger partial charge in [-0.2, -0.15) is 8.42 Å². The Bertz CT molecular complexity index is 1630. The van der Waals surface area contributed by atoms with Gasteiger partial charge in [0.05, 0.1) is 16.9 Å². The van der Waals surface area contributed by atoms with Gasteiger partial charge in [0, 0.05) is 30.8 Å². The molecule has 3 aromatic rings. The van der Waals surface area contributed by atoms with Gasteiger partial charge in [-0.1, -0.05) is 17.7 Å². The van der Waals surface area contributed by atoms with Crippen LogP contribution in [0.15, 0.2) is 41.2 Å². The summed E-state index contributed by atoms with van der Waals surface area (Å²) >= 11 is 8.54. The molecule has 1 saturated carbocycles. The summed E-state index contributed by atoms with van der Waals surface area (Å²) in [6, 6.07) is 8.96. The molecule has 0 aliphatic heterocycles. The highest BCUT2D eigenvalue weighted by molar-refractivity contribution is 14.1. The first kappa shape index (κ1) is 29.1. The summed E-state index contributed by atoms with van der Waals surface area (Å²) in [5.74, 6) is -1.17. The first-order valence-corrected chi connectivity index (χ1v) is 14.7. The number of anilines is 3. The smallest absolute Gasteiger partial charge is 0.301 e. The van der Waals surface area contributed by atoms with E-state index >= 15 is 0 Å². The van der Waals surface area contributed by atoms with Gasteiger partial charge >= 0.3 is 10.2 Å². The number of halogens is 3. The molecule has 14 heteroatoms. The molecule has 1 aliphatic carbocycles. The molecule has 0 atom stereocenters. The standard InChI is InChI=1S/C25H26ClFIN5O5S/c1-13-22(38-19-7-5-6-18(21(19)26)33(4)39(36,37)29-2)20(24(34)30-15-9-10-15)23(32(3)25(13)35)31-17-11-8-14(28)12-16(17)27/h5-8,11-12,15,29,31H,9-10H2,1-4H3,(H,30,34). The summed E-state index contributed by atoms with van der Waals surface area (Å²) in [6.45, 7) is 1.50. The predicted octanol–water partition coefficient (Wildman–Crippen LogP) is 4.42. The summed E-state index contributed by atoms with van der Waals surface area (Å²) in [5.41, 5.74) is -0.265. The third-order valence-electron chi connectivity index (χ3n) is 6.20. The normalized spacial score (nSPS) is 13.2. The number of hydrogen-bond acceptors (Lipinski definition) is 6. The molecule has 1 aliphatic rings. The van der Waals surface area contributed by atoms with Crippen LogP contribution in [0.25, 0.3) is 0 Å². The topological polar surface area (TPSA) is 122 Å². The summed E-state index contributed by atoms with van der Waals surface area (Å²) < 4.78 is 50.6. The Morgan fingerprint density at radius 2 is 1.95 bits per heavy atom. The lowest BCUT2D eigenvalue weighted by Crippen LogP contribution is -2.36. The molecule has 1 fully saturated rings. The van der Waals surface area contributed by atoms with E-state index in [-0.39, 0.29) is 50.9 Å². The van der Waals surface area contributed by atoms with Gasteiger partial charge in [0.15, 0.2) is 5.75 Å². The maximum atomic E-state index is 14.8. The molecule has 208 valence electrons. The first-order chi connectivity index (χ1) is 18.4. The number of pyridine rings is 1. The van der Waals surface area contributed by atoms with Crippen LogP contribution in [0.2, 0.25) is 5.02 Å². The number of rotatable bonds is 9. The van der Waals surface area contributed by atoms with E-state index in [4.69, 9.17) is 16.3 Å². The SMILES string of the molecule is CNS(=O)(=O)N(C)c1cccc(Oc2c(C(=O)NC3CC3)c(Nc3ccc(I)cc3F)n(C)c(=O)c2C)c1Cl. The fourth-order valence-corrected chi connectivity index (χ4v) is 5.28. The molecule has 3 N–H and O–H groups in total. The third kappa shape index (κ3) is 6.00. The van der Waals surface area contributed by atoms with E-state index in [1.54, 1.807) is 6.07 Å². The second kappa shape index (κ2) is 11.3. The number of nitrogens with one attached hydrogen (secondary N) is 3. The van der Waals surface area contributed by atoms with Crippen molar-refractivity contribution in [1.82, 2.24) is 14.6 Å². The Morgan fingerprint density at radius 1 is 1.26 bits per heavy atom. The minimum Gasteiger partial charge on any atom is -0.454 e. The van der Waals surface area contributed by atoms with E-state index in [9.17, 15) is 22.4 Å². The molecular formula is C25H26ClFIN5O5S. The highest BCUT2D eigenvalue weighted by atomic mass is 127. The summed E-state index contributed by atoms with van der Waals surface area (Å²) in [5, 5.41) is 5.72. The van der Waals surface area contributed by atoms with Crippen LogP contribution in [0, 0.1) is 16.3 Å². The minimum absolute atomic E-state index is 0.00976. The zero-order valence-electron chi connectivity index (χ0n) is 21.4. The number of nitrogens with zero attached hydrogens (tertiary/aromatic N) is 2. The van der Waals surface area contributed by atoms with Crippen molar-refractivity contribution in [1.29, 1.82) is 0 Å². The van der Waals surface area contributed by atoms with Crippen LogP contribution in [0.5, 0.6) is 11.5 Å². The largest absolute Gasteiger partial charge is 0.454 e. The lowest BCUT2D eigenvalue weighted by molar-refractivity contribution is 0.0948. The van der Waals surface area contributed by atoms with Crippen LogP contribution in [0.3, 0.4) is 0 Å². The van der Waals surface area contributed by atoms with Gasteiger partial charge in [-0.3, -0.25) is 18.5 Å². The monoisotopic (exact) mass is 689 g/mol. The quantitative estimate of drug-likeness (QED) is 0.286. The lowest BCUT2D eigenvalue weighted by atomic mass is 10.1. The Morgan fingerprint density at radius 3 is 2.56 bits per heavy atom. The Hall–Kier alpha value is -2.88. The minimum atomic E-state index is -3.88. The van der Waals surface area contributed by atoms with Crippen LogP contribution < -0.4 is 30.0 Å².